The van der Waals surface area contributed by atoms with E-state index in [0.29, 0.717) is 11.1 Å². The zero-order valence-corrected chi connectivity index (χ0v) is 33.4. The number of hydrogen-bond acceptors (Lipinski definition) is 4. The molecule has 0 radical (unpaired) electrons. The minimum Gasteiger partial charge on any atom is -2.00 e. The van der Waals surface area contributed by atoms with Gasteiger partial charge in [0.1, 0.15) is 0 Å². The molecule has 0 fully saturated rings. The Kier molecular flexibility index (Phi) is 17.1. The Morgan fingerprint density at radius 3 is 0.867 bits per heavy atom. The second-order valence-corrected chi connectivity index (χ2v) is 17.7. The normalized spacial score (nSPS) is 13.0. The molecule has 0 unspecified atom stereocenters. The van der Waals surface area contributed by atoms with Crippen LogP contribution in [0.15, 0.2) is 34.3 Å². The summed E-state index contributed by atoms with van der Waals surface area (Å²) in [5, 5.41) is 25.4. The average Bonchev–Trinajstić information content (AvgIpc) is 2.73. The molecule has 0 bridgehead atoms. The smallest absolute Gasteiger partial charge is 0.0524 e. The summed E-state index contributed by atoms with van der Waals surface area (Å²) in [7, 11) is 0. The third kappa shape index (κ3) is 15.4. The van der Waals surface area contributed by atoms with Crippen molar-refractivity contribution in [3.63, 3.8) is 0 Å². The van der Waals surface area contributed by atoms with Gasteiger partial charge >= 0.3 is 0 Å². The molecule has 2 aromatic rings. The third-order valence-electron chi connectivity index (χ3n) is 6.77. The zero-order chi connectivity index (χ0) is 33.3. The first-order valence-corrected chi connectivity index (χ1v) is 15.3. The van der Waals surface area contributed by atoms with Crippen LogP contribution in [0.4, 0.5) is 0 Å². The number of nitrogens with zero attached hydrogens (tertiary/aromatic N) is 2. The summed E-state index contributed by atoms with van der Waals surface area (Å²) in [5.74, 6) is 0.201. The second-order valence-electron chi connectivity index (χ2n) is 17.7. The first-order valence-electron chi connectivity index (χ1n) is 15.3. The molecule has 0 spiro atoms. The Morgan fingerprint density at radius 2 is 0.689 bits per heavy atom. The SMILES string of the molecule is CC(C)(C)N=Cc1cc(C(C)(C)C)cc(C(C)(C)C)c1[O-].CC(C)(C)N=Cc1cc(C(C)(C)C)cc(C(C)(C)C)c1[O-].[Mo].[O-2].[O-2]. The minimum atomic E-state index is -0.175. The summed E-state index contributed by atoms with van der Waals surface area (Å²) in [5.41, 5.74) is 4.84. The largest absolute Gasteiger partial charge is 2.00 e. The molecule has 6 nitrogen and oxygen atoms in total. The van der Waals surface area contributed by atoms with E-state index in [-0.39, 0.29) is 76.3 Å². The zero-order valence-electron chi connectivity index (χ0n) is 31.4. The number of benzene rings is 2. The van der Waals surface area contributed by atoms with Gasteiger partial charge in [-0.25, -0.2) is 0 Å². The molecule has 2 rings (SSSR count). The molecule has 7 heteroatoms. The fraction of sp³-hybridized carbons (Fsp3) is 0.632. The van der Waals surface area contributed by atoms with Crippen molar-refractivity contribution in [1.29, 1.82) is 0 Å². The van der Waals surface area contributed by atoms with Gasteiger partial charge in [0.05, 0.1) is 11.1 Å². The van der Waals surface area contributed by atoms with E-state index in [9.17, 15) is 10.2 Å². The Morgan fingerprint density at radius 1 is 0.444 bits per heavy atom. The molecular formula is C38H60MoN2O4-6. The monoisotopic (exact) mass is 706 g/mol. The molecule has 0 saturated carbocycles. The Bertz CT molecular complexity index is 1180. The first kappa shape index (κ1) is 47.4. The molecule has 0 aliphatic heterocycles. The number of rotatable bonds is 2. The maximum Gasteiger partial charge on any atom is 0.0524 e. The van der Waals surface area contributed by atoms with Crippen LogP contribution in [0.1, 0.15) is 158 Å². The average molecular weight is 705 g/mol. The molecule has 0 aliphatic rings. The van der Waals surface area contributed by atoms with Gasteiger partial charge in [-0.2, -0.15) is 0 Å². The van der Waals surface area contributed by atoms with Crippen molar-refractivity contribution >= 4 is 12.4 Å². The predicted octanol–water partition coefficient (Wildman–Crippen LogP) is 8.91. The predicted molar refractivity (Wildman–Crippen MR) is 183 cm³/mol. The van der Waals surface area contributed by atoms with Crippen molar-refractivity contribution in [2.75, 3.05) is 0 Å². The van der Waals surface area contributed by atoms with Gasteiger partial charge in [0.25, 0.3) is 0 Å². The summed E-state index contributed by atoms with van der Waals surface area (Å²) in [6.07, 6.45) is 3.49. The molecule has 0 heterocycles. The minimum absolute atomic E-state index is 0. The van der Waals surface area contributed by atoms with Crippen LogP contribution in [0.3, 0.4) is 0 Å². The van der Waals surface area contributed by atoms with Crippen molar-refractivity contribution in [3.8, 4) is 11.5 Å². The maximum absolute atomic E-state index is 12.7. The molecule has 0 saturated heterocycles. The molecule has 2 aromatic carbocycles. The van der Waals surface area contributed by atoms with E-state index in [1.165, 1.54) is 11.1 Å². The van der Waals surface area contributed by atoms with Gasteiger partial charge in [0.2, 0.25) is 0 Å². The molecule has 45 heavy (non-hydrogen) atoms. The molecule has 0 aliphatic carbocycles. The quantitative estimate of drug-likeness (QED) is 0.229. The molecule has 0 N–H and O–H groups in total. The van der Waals surface area contributed by atoms with Crippen molar-refractivity contribution in [1.82, 2.24) is 0 Å². The Balaban J connectivity index is -0.000000735. The fourth-order valence-corrected chi connectivity index (χ4v) is 4.00. The van der Waals surface area contributed by atoms with E-state index in [0.717, 1.165) is 11.1 Å². The summed E-state index contributed by atoms with van der Waals surface area (Å²) in [6, 6.07) is 8.12. The summed E-state index contributed by atoms with van der Waals surface area (Å²) >= 11 is 0. The summed E-state index contributed by atoms with van der Waals surface area (Å²) in [6.45, 7) is 37.7. The van der Waals surface area contributed by atoms with Crippen LogP contribution < -0.4 is 10.2 Å². The van der Waals surface area contributed by atoms with Crippen LogP contribution in [0.5, 0.6) is 11.5 Å². The van der Waals surface area contributed by atoms with E-state index in [1.54, 1.807) is 12.4 Å². The molecule has 0 amide bonds. The maximum atomic E-state index is 12.7. The number of aliphatic imine (C=N–C) groups is 2. The van der Waals surface area contributed by atoms with Crippen LogP contribution in [0, 0.1) is 0 Å². The summed E-state index contributed by atoms with van der Waals surface area (Å²) < 4.78 is 0. The first-order chi connectivity index (χ1) is 18.4. The van der Waals surface area contributed by atoms with Crippen molar-refractivity contribution < 1.29 is 42.2 Å². The van der Waals surface area contributed by atoms with Gasteiger partial charge in [-0.3, -0.25) is 9.98 Å². The van der Waals surface area contributed by atoms with Crippen molar-refractivity contribution in [2.45, 2.75) is 157 Å². The molecule has 258 valence electrons. The fourth-order valence-electron chi connectivity index (χ4n) is 4.00. The number of hydrogen-bond donors (Lipinski definition) is 0. The summed E-state index contributed by atoms with van der Waals surface area (Å²) in [4.78, 5) is 9.02. The van der Waals surface area contributed by atoms with Gasteiger partial charge in [0, 0.05) is 33.5 Å². The molecule has 0 aromatic heterocycles. The van der Waals surface area contributed by atoms with Gasteiger partial charge in [0.15, 0.2) is 0 Å². The van der Waals surface area contributed by atoms with Gasteiger partial charge in [-0.05, 0) is 96.6 Å². The second kappa shape index (κ2) is 16.2. The molecule has 0 atom stereocenters. The van der Waals surface area contributed by atoms with E-state index < -0.39 is 0 Å². The van der Waals surface area contributed by atoms with E-state index >= 15 is 0 Å². The van der Waals surface area contributed by atoms with Gasteiger partial charge in [-0.1, -0.05) is 119 Å². The van der Waals surface area contributed by atoms with Crippen LogP contribution in [-0.2, 0) is 53.7 Å². The van der Waals surface area contributed by atoms with Crippen LogP contribution in [0.2, 0.25) is 0 Å². The third-order valence-corrected chi connectivity index (χ3v) is 6.77. The van der Waals surface area contributed by atoms with Crippen LogP contribution in [0.25, 0.3) is 0 Å². The Labute approximate surface area is 290 Å². The van der Waals surface area contributed by atoms with Crippen molar-refractivity contribution in [2.24, 2.45) is 9.98 Å². The van der Waals surface area contributed by atoms with Gasteiger partial charge < -0.3 is 21.2 Å². The van der Waals surface area contributed by atoms with Gasteiger partial charge in [-0.15, -0.1) is 0 Å². The topological polar surface area (TPSA) is 128 Å². The van der Waals surface area contributed by atoms with E-state index in [1.807, 2.05) is 53.7 Å². The Hall–Kier alpha value is -2.01. The van der Waals surface area contributed by atoms with E-state index in [4.69, 9.17) is 0 Å². The van der Waals surface area contributed by atoms with Crippen molar-refractivity contribution in [3.05, 3.63) is 57.6 Å². The van der Waals surface area contributed by atoms with Crippen LogP contribution in [-0.4, -0.2) is 23.5 Å². The standard InChI is InChI=1S/2C19H31NO.Mo.2O/c2*1-17(2,3)14-10-13(12-20-19(7,8)9)16(21)15(11-14)18(4,5)6;;;/h2*10-12,21H,1-9H3;;;/q;;;2*-2/p-2. The van der Waals surface area contributed by atoms with E-state index in [2.05, 4.69) is 105 Å². The van der Waals surface area contributed by atoms with Crippen LogP contribution >= 0.6 is 0 Å². The molecular weight excluding hydrogens is 644 g/mol.